The molecule has 0 spiro atoms. The van der Waals surface area contributed by atoms with E-state index in [1.807, 2.05) is 24.3 Å². The van der Waals surface area contributed by atoms with E-state index in [4.69, 9.17) is 4.74 Å². The number of aromatic nitrogens is 1. The molecule has 3 rings (SSSR count). The van der Waals surface area contributed by atoms with Crippen LogP contribution in [-0.4, -0.2) is 30.3 Å². The largest absolute Gasteiger partial charge is 0.474 e. The Morgan fingerprint density at radius 3 is 2.77 bits per heavy atom. The van der Waals surface area contributed by atoms with Crippen LogP contribution in [0.1, 0.15) is 47.2 Å². The van der Waals surface area contributed by atoms with E-state index in [1.54, 1.807) is 24.5 Å². The summed E-state index contributed by atoms with van der Waals surface area (Å²) in [6.07, 6.45) is 8.09. The summed E-state index contributed by atoms with van der Waals surface area (Å²) in [6.45, 7) is 0.377. The highest BCUT2D eigenvalue weighted by atomic mass is 16.6. The Bertz CT molecular complexity index is 753. The molecule has 0 bridgehead atoms. The van der Waals surface area contributed by atoms with E-state index >= 15 is 0 Å². The van der Waals surface area contributed by atoms with Gasteiger partial charge in [-0.3, -0.25) is 4.79 Å². The minimum Gasteiger partial charge on any atom is -0.474 e. The maximum atomic E-state index is 12.4. The number of carbonyl (C=O) groups is 1. The minimum atomic E-state index is -0.143. The van der Waals surface area contributed by atoms with Crippen LogP contribution in [0, 0.1) is 0 Å². The number of pyridine rings is 1. The smallest absolute Gasteiger partial charge is 0.251 e. The molecule has 1 aromatic heterocycles. The van der Waals surface area contributed by atoms with Crippen LogP contribution in [-0.2, 0) is 11.4 Å². The lowest BCUT2D eigenvalue weighted by atomic mass is 10.1. The minimum absolute atomic E-state index is 0.143. The normalized spacial score (nSPS) is 14.5. The van der Waals surface area contributed by atoms with Crippen LogP contribution < -0.4 is 10.1 Å². The molecule has 1 aliphatic rings. The van der Waals surface area contributed by atoms with Gasteiger partial charge in [-0.1, -0.05) is 23.4 Å². The molecule has 0 aliphatic heterocycles. The molecular weight excluding hydrogens is 330 g/mol. The van der Waals surface area contributed by atoms with Gasteiger partial charge in [0.05, 0.1) is 6.21 Å². The zero-order chi connectivity index (χ0) is 18.2. The second-order valence-electron chi connectivity index (χ2n) is 6.21. The maximum Gasteiger partial charge on any atom is 0.251 e. The van der Waals surface area contributed by atoms with E-state index in [0.717, 1.165) is 24.0 Å². The lowest BCUT2D eigenvalue weighted by Gasteiger charge is -2.15. The average Bonchev–Trinajstić information content (AvgIpc) is 3.19. The van der Waals surface area contributed by atoms with Gasteiger partial charge in [0.1, 0.15) is 13.2 Å². The zero-order valence-electron chi connectivity index (χ0n) is 14.9. The first kappa shape index (κ1) is 17.9. The summed E-state index contributed by atoms with van der Waals surface area (Å²) in [6, 6.07) is 10.9. The molecule has 1 aromatic carbocycles. The molecule has 0 saturated heterocycles. The molecule has 6 heteroatoms. The van der Waals surface area contributed by atoms with Crippen molar-refractivity contribution >= 4 is 12.1 Å². The van der Waals surface area contributed by atoms with Crippen molar-refractivity contribution in [3.63, 3.8) is 0 Å². The van der Waals surface area contributed by atoms with Gasteiger partial charge < -0.3 is 14.9 Å². The second kappa shape index (κ2) is 8.99. The van der Waals surface area contributed by atoms with E-state index in [-0.39, 0.29) is 12.0 Å². The fourth-order valence-corrected chi connectivity index (χ4v) is 2.94. The van der Waals surface area contributed by atoms with Gasteiger partial charge in [-0.25, -0.2) is 4.98 Å². The summed E-state index contributed by atoms with van der Waals surface area (Å²) in [5.41, 5.74) is 2.33. The number of nitrogens with zero attached hydrogens (tertiary/aromatic N) is 2. The quantitative estimate of drug-likeness (QED) is 0.612. The van der Waals surface area contributed by atoms with Crippen LogP contribution in [0.2, 0.25) is 0 Å². The first-order valence-corrected chi connectivity index (χ1v) is 8.81. The number of amides is 1. The van der Waals surface area contributed by atoms with Gasteiger partial charge in [-0.05, 0) is 49.4 Å². The van der Waals surface area contributed by atoms with Gasteiger partial charge in [-0.15, -0.1) is 0 Å². The summed E-state index contributed by atoms with van der Waals surface area (Å²) in [5.74, 6) is 0.474. The summed E-state index contributed by atoms with van der Waals surface area (Å²) in [5, 5.41) is 6.62. The Labute approximate surface area is 153 Å². The number of hydrogen-bond acceptors (Lipinski definition) is 5. The molecule has 26 heavy (non-hydrogen) atoms. The molecule has 0 radical (unpaired) electrons. The molecule has 136 valence electrons. The van der Waals surface area contributed by atoms with Crippen LogP contribution in [0.15, 0.2) is 47.8 Å². The standard InChI is InChI=1S/C20H23N3O3/c1-25-23-13-15-8-10-16(11-9-15)19(24)22-14-17-5-4-12-21-20(17)26-18-6-2-3-7-18/h4-5,8-13,18H,2-3,6-7,14H2,1H3,(H,22,24)/b23-13+. The van der Waals surface area contributed by atoms with E-state index in [2.05, 4.69) is 20.3 Å². The number of rotatable bonds is 7. The van der Waals surface area contributed by atoms with Crippen LogP contribution in [0.3, 0.4) is 0 Å². The molecule has 2 aromatic rings. The van der Waals surface area contributed by atoms with Crippen LogP contribution in [0.25, 0.3) is 0 Å². The fourth-order valence-electron chi connectivity index (χ4n) is 2.94. The number of benzene rings is 1. The Morgan fingerprint density at radius 2 is 2.04 bits per heavy atom. The topological polar surface area (TPSA) is 72.8 Å². The lowest BCUT2D eigenvalue weighted by molar-refractivity contribution is 0.0950. The third kappa shape index (κ3) is 4.81. The van der Waals surface area contributed by atoms with Crippen molar-refractivity contribution in [2.45, 2.75) is 38.3 Å². The van der Waals surface area contributed by atoms with Gasteiger partial charge in [0, 0.05) is 23.9 Å². The lowest BCUT2D eigenvalue weighted by Crippen LogP contribution is -2.24. The Balaban J connectivity index is 1.59. The number of carbonyl (C=O) groups excluding carboxylic acids is 1. The van der Waals surface area contributed by atoms with Crippen molar-refractivity contribution in [1.82, 2.24) is 10.3 Å². The van der Waals surface area contributed by atoms with Crippen molar-refractivity contribution in [2.24, 2.45) is 5.16 Å². The highest BCUT2D eigenvalue weighted by Crippen LogP contribution is 2.25. The first-order valence-electron chi connectivity index (χ1n) is 8.81. The van der Waals surface area contributed by atoms with E-state index in [1.165, 1.54) is 20.0 Å². The summed E-state index contributed by atoms with van der Waals surface area (Å²) >= 11 is 0. The molecule has 0 atom stereocenters. The van der Waals surface area contributed by atoms with Gasteiger partial charge >= 0.3 is 0 Å². The van der Waals surface area contributed by atoms with Crippen molar-refractivity contribution in [3.8, 4) is 5.88 Å². The summed E-state index contributed by atoms with van der Waals surface area (Å²) < 4.78 is 6.01. The Hall–Kier alpha value is -2.89. The van der Waals surface area contributed by atoms with Gasteiger partial charge in [0.25, 0.3) is 5.91 Å². The van der Waals surface area contributed by atoms with Crippen molar-refractivity contribution in [3.05, 3.63) is 59.3 Å². The van der Waals surface area contributed by atoms with E-state index in [0.29, 0.717) is 18.0 Å². The SMILES string of the molecule is CO/N=C/c1ccc(C(=O)NCc2cccnc2OC2CCCC2)cc1. The third-order valence-electron chi connectivity index (χ3n) is 4.35. The average molecular weight is 353 g/mol. The molecule has 6 nitrogen and oxygen atoms in total. The third-order valence-corrected chi connectivity index (χ3v) is 4.35. The molecule has 1 saturated carbocycles. The summed E-state index contributed by atoms with van der Waals surface area (Å²) in [7, 11) is 1.49. The van der Waals surface area contributed by atoms with Crippen LogP contribution in [0.4, 0.5) is 0 Å². The molecule has 1 amide bonds. The molecule has 1 fully saturated rings. The van der Waals surface area contributed by atoms with Gasteiger partial charge in [-0.2, -0.15) is 0 Å². The monoisotopic (exact) mass is 353 g/mol. The Kier molecular flexibility index (Phi) is 6.19. The van der Waals surface area contributed by atoms with Crippen molar-refractivity contribution in [2.75, 3.05) is 7.11 Å². The first-order chi connectivity index (χ1) is 12.8. The van der Waals surface area contributed by atoms with E-state index in [9.17, 15) is 4.79 Å². The Morgan fingerprint density at radius 1 is 1.27 bits per heavy atom. The van der Waals surface area contributed by atoms with Crippen molar-refractivity contribution < 1.29 is 14.4 Å². The highest BCUT2D eigenvalue weighted by Gasteiger charge is 2.18. The number of oxime groups is 1. The molecular formula is C20H23N3O3. The van der Waals surface area contributed by atoms with Gasteiger partial charge in [0.2, 0.25) is 5.88 Å². The predicted octanol–water partition coefficient (Wildman–Crippen LogP) is 3.31. The second-order valence-corrected chi connectivity index (χ2v) is 6.21. The number of hydrogen-bond donors (Lipinski definition) is 1. The predicted molar refractivity (Wildman–Crippen MR) is 99.3 cm³/mol. The summed E-state index contributed by atoms with van der Waals surface area (Å²) in [4.78, 5) is 21.3. The van der Waals surface area contributed by atoms with Gasteiger partial charge in [0.15, 0.2) is 0 Å². The number of nitrogens with one attached hydrogen (secondary N) is 1. The highest BCUT2D eigenvalue weighted by molar-refractivity contribution is 5.95. The molecule has 1 aliphatic carbocycles. The van der Waals surface area contributed by atoms with Crippen molar-refractivity contribution in [1.29, 1.82) is 0 Å². The number of ether oxygens (including phenoxy) is 1. The van der Waals surface area contributed by atoms with Crippen LogP contribution in [0.5, 0.6) is 5.88 Å². The zero-order valence-corrected chi connectivity index (χ0v) is 14.9. The maximum absolute atomic E-state index is 12.4. The molecule has 1 N–H and O–H groups in total. The molecule has 1 heterocycles. The van der Waals surface area contributed by atoms with Crippen LogP contribution >= 0.6 is 0 Å². The molecule has 0 unspecified atom stereocenters. The fraction of sp³-hybridized carbons (Fsp3) is 0.350. The van der Waals surface area contributed by atoms with E-state index < -0.39 is 0 Å².